The second kappa shape index (κ2) is 17.6. The van der Waals surface area contributed by atoms with Crippen molar-refractivity contribution in [1.82, 2.24) is 0 Å². The van der Waals surface area contributed by atoms with Crippen LogP contribution in [0.4, 0.5) is 5.69 Å². The van der Waals surface area contributed by atoms with E-state index < -0.39 is 5.97 Å². The van der Waals surface area contributed by atoms with Crippen LogP contribution in [0.2, 0.25) is 0 Å². The highest BCUT2D eigenvalue weighted by Gasteiger charge is 2.07. The number of anilines is 1. The molecular formula is C25H43NO2. The number of para-hydroxylation sites is 1. The lowest BCUT2D eigenvalue weighted by Crippen LogP contribution is -2.07. The number of carboxylic acids is 1. The summed E-state index contributed by atoms with van der Waals surface area (Å²) in [6.07, 6.45) is 21.9. The van der Waals surface area contributed by atoms with Gasteiger partial charge in [0.1, 0.15) is 0 Å². The molecule has 0 atom stereocenters. The predicted octanol–water partition coefficient (Wildman–Crippen LogP) is 8.06. The first-order chi connectivity index (χ1) is 13.8. The van der Waals surface area contributed by atoms with Crippen LogP contribution in [0.15, 0.2) is 24.3 Å². The summed E-state index contributed by atoms with van der Waals surface area (Å²) in [4.78, 5) is 11.2. The third-order valence-electron chi connectivity index (χ3n) is 5.50. The monoisotopic (exact) mass is 389 g/mol. The summed E-state index contributed by atoms with van der Waals surface area (Å²) in [5, 5.41) is 12.4. The third-order valence-corrected chi connectivity index (χ3v) is 5.50. The van der Waals surface area contributed by atoms with Gasteiger partial charge in [-0.2, -0.15) is 0 Å². The van der Waals surface area contributed by atoms with Crippen LogP contribution < -0.4 is 5.32 Å². The van der Waals surface area contributed by atoms with Gasteiger partial charge in [-0.15, -0.1) is 0 Å². The molecule has 0 amide bonds. The van der Waals surface area contributed by atoms with Crippen molar-refractivity contribution in [3.63, 3.8) is 0 Å². The number of aromatic carboxylic acids is 1. The van der Waals surface area contributed by atoms with E-state index in [4.69, 9.17) is 5.11 Å². The van der Waals surface area contributed by atoms with Crippen molar-refractivity contribution in [2.75, 3.05) is 11.9 Å². The Balaban J connectivity index is 1.83. The number of carbonyl (C=O) groups is 1. The Morgan fingerprint density at radius 1 is 0.714 bits per heavy atom. The molecule has 0 bridgehead atoms. The summed E-state index contributed by atoms with van der Waals surface area (Å²) in [6, 6.07) is 7.14. The topological polar surface area (TPSA) is 49.3 Å². The van der Waals surface area contributed by atoms with E-state index in [1.807, 2.05) is 12.1 Å². The number of unbranched alkanes of at least 4 members (excludes halogenated alkanes) is 15. The highest BCUT2D eigenvalue weighted by Crippen LogP contribution is 2.16. The zero-order chi connectivity index (χ0) is 20.3. The van der Waals surface area contributed by atoms with Crippen LogP contribution in [-0.2, 0) is 0 Å². The van der Waals surface area contributed by atoms with Gasteiger partial charge in [-0.05, 0) is 18.6 Å². The molecule has 160 valence electrons. The van der Waals surface area contributed by atoms with E-state index in [-0.39, 0.29) is 0 Å². The zero-order valence-electron chi connectivity index (χ0n) is 18.2. The Bertz CT molecular complexity index is 501. The summed E-state index contributed by atoms with van der Waals surface area (Å²) in [5.74, 6) is -0.866. The molecule has 0 aromatic heterocycles. The number of rotatable bonds is 19. The first-order valence-electron chi connectivity index (χ1n) is 11.8. The van der Waals surface area contributed by atoms with E-state index in [9.17, 15) is 4.79 Å². The highest BCUT2D eigenvalue weighted by molar-refractivity contribution is 5.94. The van der Waals surface area contributed by atoms with Crippen molar-refractivity contribution in [1.29, 1.82) is 0 Å². The predicted molar refractivity (Wildman–Crippen MR) is 121 cm³/mol. The second-order valence-electron chi connectivity index (χ2n) is 8.08. The standard InChI is InChI=1S/C25H43NO2/c1-2-3-4-5-6-7-8-9-10-11-12-13-14-15-16-19-22-26-24-21-18-17-20-23(24)25(27)28/h17-18,20-21,26H,2-16,19,22H2,1H3,(H,27,28). The molecule has 0 aliphatic heterocycles. The fraction of sp³-hybridized carbons (Fsp3) is 0.720. The highest BCUT2D eigenvalue weighted by atomic mass is 16.4. The van der Waals surface area contributed by atoms with Crippen molar-refractivity contribution >= 4 is 11.7 Å². The van der Waals surface area contributed by atoms with Gasteiger partial charge in [0, 0.05) is 12.2 Å². The van der Waals surface area contributed by atoms with Crippen LogP contribution in [0, 0.1) is 0 Å². The summed E-state index contributed by atoms with van der Waals surface area (Å²) in [6.45, 7) is 3.13. The smallest absolute Gasteiger partial charge is 0.337 e. The minimum Gasteiger partial charge on any atom is -0.478 e. The fourth-order valence-electron chi connectivity index (χ4n) is 3.72. The van der Waals surface area contributed by atoms with Crippen LogP contribution in [0.1, 0.15) is 120 Å². The Morgan fingerprint density at radius 3 is 1.61 bits per heavy atom. The van der Waals surface area contributed by atoms with Gasteiger partial charge in [0.2, 0.25) is 0 Å². The molecule has 0 fully saturated rings. The Hall–Kier alpha value is -1.51. The molecule has 0 aliphatic carbocycles. The van der Waals surface area contributed by atoms with Gasteiger partial charge < -0.3 is 10.4 Å². The molecule has 28 heavy (non-hydrogen) atoms. The van der Waals surface area contributed by atoms with Crippen molar-refractivity contribution in [2.45, 2.75) is 110 Å². The number of carboxylic acid groups (broad SMARTS) is 1. The van der Waals surface area contributed by atoms with Gasteiger partial charge in [-0.3, -0.25) is 0 Å². The Kier molecular flexibility index (Phi) is 15.4. The van der Waals surface area contributed by atoms with Crippen molar-refractivity contribution in [2.24, 2.45) is 0 Å². The van der Waals surface area contributed by atoms with Gasteiger partial charge in [0.25, 0.3) is 0 Å². The molecule has 0 spiro atoms. The van der Waals surface area contributed by atoms with E-state index in [1.54, 1.807) is 12.1 Å². The summed E-state index contributed by atoms with van der Waals surface area (Å²) in [7, 11) is 0. The Morgan fingerprint density at radius 2 is 1.14 bits per heavy atom. The molecule has 1 aromatic rings. The summed E-state index contributed by atoms with van der Waals surface area (Å²) >= 11 is 0. The molecule has 0 heterocycles. The maximum atomic E-state index is 11.2. The molecule has 2 N–H and O–H groups in total. The molecule has 1 aromatic carbocycles. The van der Waals surface area contributed by atoms with E-state index >= 15 is 0 Å². The van der Waals surface area contributed by atoms with E-state index in [0.717, 1.165) is 18.7 Å². The van der Waals surface area contributed by atoms with Crippen LogP contribution in [-0.4, -0.2) is 17.6 Å². The molecule has 3 nitrogen and oxygen atoms in total. The maximum Gasteiger partial charge on any atom is 0.337 e. The lowest BCUT2D eigenvalue weighted by Gasteiger charge is -2.09. The Labute approximate surface area is 173 Å². The zero-order valence-corrected chi connectivity index (χ0v) is 18.2. The van der Waals surface area contributed by atoms with Gasteiger partial charge in [0.05, 0.1) is 5.56 Å². The number of benzene rings is 1. The molecule has 3 heteroatoms. The maximum absolute atomic E-state index is 11.2. The van der Waals surface area contributed by atoms with Gasteiger partial charge in [-0.1, -0.05) is 115 Å². The summed E-state index contributed by atoms with van der Waals surface area (Å²) < 4.78 is 0. The van der Waals surface area contributed by atoms with Crippen molar-refractivity contribution in [3.05, 3.63) is 29.8 Å². The van der Waals surface area contributed by atoms with E-state index in [1.165, 1.54) is 96.3 Å². The quantitative estimate of drug-likeness (QED) is 0.235. The number of hydrogen-bond acceptors (Lipinski definition) is 2. The van der Waals surface area contributed by atoms with Crippen LogP contribution in [0.25, 0.3) is 0 Å². The second-order valence-corrected chi connectivity index (χ2v) is 8.08. The summed E-state index contributed by atoms with van der Waals surface area (Å²) in [5.41, 5.74) is 1.09. The normalized spacial score (nSPS) is 10.9. The average Bonchev–Trinajstić information content (AvgIpc) is 2.70. The van der Waals surface area contributed by atoms with Crippen LogP contribution >= 0.6 is 0 Å². The van der Waals surface area contributed by atoms with Gasteiger partial charge in [-0.25, -0.2) is 4.79 Å². The van der Waals surface area contributed by atoms with Crippen molar-refractivity contribution < 1.29 is 9.90 Å². The minimum absolute atomic E-state index is 0.360. The minimum atomic E-state index is -0.866. The number of hydrogen-bond donors (Lipinski definition) is 2. The van der Waals surface area contributed by atoms with Crippen LogP contribution in [0.3, 0.4) is 0 Å². The SMILES string of the molecule is CCCCCCCCCCCCCCCCCCNc1ccccc1C(=O)O. The lowest BCUT2D eigenvalue weighted by atomic mass is 10.0. The fourth-order valence-corrected chi connectivity index (χ4v) is 3.72. The molecule has 0 aliphatic rings. The first-order valence-corrected chi connectivity index (χ1v) is 11.8. The lowest BCUT2D eigenvalue weighted by molar-refractivity contribution is 0.0698. The van der Waals surface area contributed by atoms with E-state index in [2.05, 4.69) is 12.2 Å². The van der Waals surface area contributed by atoms with Gasteiger partial charge in [0.15, 0.2) is 0 Å². The van der Waals surface area contributed by atoms with Gasteiger partial charge >= 0.3 is 5.97 Å². The molecule has 1 rings (SSSR count). The molecule has 0 radical (unpaired) electrons. The van der Waals surface area contributed by atoms with E-state index in [0.29, 0.717) is 5.56 Å². The van der Waals surface area contributed by atoms with Crippen LogP contribution in [0.5, 0.6) is 0 Å². The first kappa shape index (κ1) is 24.5. The largest absolute Gasteiger partial charge is 0.478 e. The molecule has 0 saturated heterocycles. The molecule has 0 saturated carbocycles. The number of nitrogens with one attached hydrogen (secondary N) is 1. The molecular weight excluding hydrogens is 346 g/mol. The molecule has 0 unspecified atom stereocenters. The third kappa shape index (κ3) is 12.8. The van der Waals surface area contributed by atoms with Crippen molar-refractivity contribution in [3.8, 4) is 0 Å². The average molecular weight is 390 g/mol.